The summed E-state index contributed by atoms with van der Waals surface area (Å²) in [6.07, 6.45) is 3.55. The van der Waals surface area contributed by atoms with E-state index in [0.29, 0.717) is 5.95 Å². The maximum absolute atomic E-state index is 5.63. The van der Waals surface area contributed by atoms with Gasteiger partial charge in [0.2, 0.25) is 5.95 Å². The van der Waals surface area contributed by atoms with Gasteiger partial charge in [-0.25, -0.2) is 9.97 Å². The van der Waals surface area contributed by atoms with E-state index in [-0.39, 0.29) is 0 Å². The molecule has 0 spiro atoms. The summed E-state index contributed by atoms with van der Waals surface area (Å²) in [5.41, 5.74) is 2.84. The van der Waals surface area contributed by atoms with Crippen LogP contribution in [0.4, 0.5) is 17.3 Å². The summed E-state index contributed by atoms with van der Waals surface area (Å²) in [7, 11) is 5.49. The predicted octanol–water partition coefficient (Wildman–Crippen LogP) is 3.32. The van der Waals surface area contributed by atoms with E-state index in [4.69, 9.17) is 9.47 Å². The third kappa shape index (κ3) is 5.23. The molecule has 1 fully saturated rings. The Morgan fingerprint density at radius 1 is 0.926 bits per heavy atom. The van der Waals surface area contributed by atoms with Gasteiger partial charge in [0.05, 0.1) is 25.6 Å². The number of rotatable bonds is 5. The maximum atomic E-state index is 5.63. The monoisotopic (exact) mass is 373 g/mol. The van der Waals surface area contributed by atoms with Crippen molar-refractivity contribution in [3.63, 3.8) is 0 Å². The molecule has 0 unspecified atom stereocenters. The van der Waals surface area contributed by atoms with Crippen molar-refractivity contribution in [2.45, 2.75) is 20.8 Å². The highest BCUT2D eigenvalue weighted by molar-refractivity contribution is 5.74. The second kappa shape index (κ2) is 9.97. The van der Waals surface area contributed by atoms with Gasteiger partial charge in [-0.2, -0.15) is 0 Å². The third-order valence-corrected chi connectivity index (χ3v) is 4.37. The Kier molecular flexibility index (Phi) is 7.67. The fourth-order valence-corrected chi connectivity index (χ4v) is 2.85. The van der Waals surface area contributed by atoms with Crippen LogP contribution in [0.2, 0.25) is 0 Å². The van der Waals surface area contributed by atoms with Gasteiger partial charge in [0.1, 0.15) is 11.5 Å². The molecule has 2 aromatic rings. The van der Waals surface area contributed by atoms with Gasteiger partial charge in [-0.05, 0) is 19.5 Å². The lowest BCUT2D eigenvalue weighted by atomic mass is 10.2. The number of likely N-dealkylation sites (N-methyl/N-ethyl adjacent to an activating group) is 1. The molecule has 2 heterocycles. The number of piperazine rings is 1. The van der Waals surface area contributed by atoms with Crippen molar-refractivity contribution in [1.82, 2.24) is 14.9 Å². The van der Waals surface area contributed by atoms with Crippen LogP contribution in [0, 0.1) is 6.92 Å². The standard InChI is InChI=1S/C18H25N5O2.C2H6/c1-13-11-19-18(20-12-13)21-14-9-17(25-4)15(10-16(14)24-3)23-7-5-22(2)6-8-23;1-2/h9-12H,5-8H2,1-4H3,(H,19,20,21);1-2H3. The topological polar surface area (TPSA) is 62.8 Å². The first-order valence-corrected chi connectivity index (χ1v) is 9.36. The Bertz CT molecular complexity index is 713. The summed E-state index contributed by atoms with van der Waals surface area (Å²) in [6.45, 7) is 9.94. The minimum atomic E-state index is 0.526. The first kappa shape index (κ1) is 20.8. The van der Waals surface area contributed by atoms with Crippen molar-refractivity contribution in [3.8, 4) is 11.5 Å². The smallest absolute Gasteiger partial charge is 0.227 e. The van der Waals surface area contributed by atoms with Crippen LogP contribution in [0.1, 0.15) is 19.4 Å². The molecule has 1 aliphatic rings. The fraction of sp³-hybridized carbons (Fsp3) is 0.500. The van der Waals surface area contributed by atoms with Gasteiger partial charge in [-0.3, -0.25) is 0 Å². The number of ether oxygens (including phenoxy) is 2. The van der Waals surface area contributed by atoms with Crippen LogP contribution in [0.15, 0.2) is 24.5 Å². The molecule has 148 valence electrons. The minimum absolute atomic E-state index is 0.526. The number of benzene rings is 1. The molecule has 3 rings (SSSR count). The lowest BCUT2D eigenvalue weighted by molar-refractivity contribution is 0.310. The normalized spacial score (nSPS) is 14.2. The highest BCUT2D eigenvalue weighted by Crippen LogP contribution is 2.39. The van der Waals surface area contributed by atoms with Gasteiger partial charge >= 0.3 is 0 Å². The van der Waals surface area contributed by atoms with E-state index in [1.54, 1.807) is 26.6 Å². The zero-order valence-corrected chi connectivity index (χ0v) is 17.2. The molecular weight excluding hydrogens is 342 g/mol. The van der Waals surface area contributed by atoms with Crippen LogP contribution < -0.4 is 19.7 Å². The van der Waals surface area contributed by atoms with E-state index in [9.17, 15) is 0 Å². The SMILES string of the molecule is CC.COc1cc(N2CCN(C)CC2)c(OC)cc1Nc1ncc(C)cn1. The Morgan fingerprint density at radius 3 is 2.07 bits per heavy atom. The van der Waals surface area contributed by atoms with Crippen LogP contribution in [0.3, 0.4) is 0 Å². The molecule has 7 nitrogen and oxygen atoms in total. The second-order valence-corrected chi connectivity index (χ2v) is 6.22. The zero-order chi connectivity index (χ0) is 19.8. The summed E-state index contributed by atoms with van der Waals surface area (Å²) in [5.74, 6) is 2.07. The van der Waals surface area contributed by atoms with E-state index < -0.39 is 0 Å². The molecule has 0 atom stereocenters. The van der Waals surface area contributed by atoms with E-state index in [0.717, 1.165) is 54.6 Å². The molecule has 1 aromatic carbocycles. The maximum Gasteiger partial charge on any atom is 0.227 e. The molecular formula is C20H31N5O2. The minimum Gasteiger partial charge on any atom is -0.494 e. The number of methoxy groups -OCH3 is 2. The number of nitrogens with one attached hydrogen (secondary N) is 1. The molecule has 1 saturated heterocycles. The third-order valence-electron chi connectivity index (χ3n) is 4.37. The van der Waals surface area contributed by atoms with Crippen LogP contribution in [-0.2, 0) is 0 Å². The Labute approximate surface area is 162 Å². The van der Waals surface area contributed by atoms with Gasteiger partial charge in [0.25, 0.3) is 0 Å². The molecule has 1 N–H and O–H groups in total. The number of hydrogen-bond acceptors (Lipinski definition) is 7. The Morgan fingerprint density at radius 2 is 1.52 bits per heavy atom. The molecule has 0 bridgehead atoms. The molecule has 0 aliphatic carbocycles. The molecule has 0 radical (unpaired) electrons. The number of anilines is 3. The van der Waals surface area contributed by atoms with E-state index in [1.165, 1.54) is 0 Å². The lowest BCUT2D eigenvalue weighted by Gasteiger charge is -2.35. The van der Waals surface area contributed by atoms with Crippen LogP contribution >= 0.6 is 0 Å². The quantitative estimate of drug-likeness (QED) is 0.862. The van der Waals surface area contributed by atoms with E-state index in [2.05, 4.69) is 32.1 Å². The summed E-state index contributed by atoms with van der Waals surface area (Å²) in [4.78, 5) is 13.2. The van der Waals surface area contributed by atoms with Gasteiger partial charge in [0, 0.05) is 50.7 Å². The first-order chi connectivity index (χ1) is 13.1. The number of hydrogen-bond donors (Lipinski definition) is 1. The Balaban J connectivity index is 0.00000126. The van der Waals surface area contributed by atoms with E-state index in [1.807, 2.05) is 32.9 Å². The van der Waals surface area contributed by atoms with Crippen molar-refractivity contribution < 1.29 is 9.47 Å². The molecule has 1 aromatic heterocycles. The van der Waals surface area contributed by atoms with Crippen molar-refractivity contribution in [3.05, 3.63) is 30.1 Å². The van der Waals surface area contributed by atoms with Crippen LogP contribution in [0.25, 0.3) is 0 Å². The van der Waals surface area contributed by atoms with Gasteiger partial charge in [0.15, 0.2) is 0 Å². The second-order valence-electron chi connectivity index (χ2n) is 6.22. The van der Waals surface area contributed by atoms with Gasteiger partial charge in [-0.15, -0.1) is 0 Å². The Hall–Kier alpha value is -2.54. The van der Waals surface area contributed by atoms with Crippen molar-refractivity contribution in [2.24, 2.45) is 0 Å². The van der Waals surface area contributed by atoms with E-state index >= 15 is 0 Å². The van der Waals surface area contributed by atoms with Crippen molar-refractivity contribution in [1.29, 1.82) is 0 Å². The fourth-order valence-electron chi connectivity index (χ4n) is 2.85. The predicted molar refractivity (Wildman–Crippen MR) is 111 cm³/mol. The molecule has 27 heavy (non-hydrogen) atoms. The first-order valence-electron chi connectivity index (χ1n) is 9.36. The largest absolute Gasteiger partial charge is 0.494 e. The summed E-state index contributed by atoms with van der Waals surface area (Å²) in [6, 6.07) is 3.95. The molecule has 7 heteroatoms. The highest BCUT2D eigenvalue weighted by Gasteiger charge is 2.20. The average molecular weight is 374 g/mol. The van der Waals surface area contributed by atoms with Gasteiger partial charge < -0.3 is 24.6 Å². The van der Waals surface area contributed by atoms with Crippen LogP contribution in [-0.4, -0.2) is 62.3 Å². The summed E-state index contributed by atoms with van der Waals surface area (Å²) in [5, 5.41) is 3.21. The molecule has 1 aliphatic heterocycles. The van der Waals surface area contributed by atoms with Gasteiger partial charge in [-0.1, -0.05) is 13.8 Å². The zero-order valence-electron chi connectivity index (χ0n) is 17.2. The average Bonchev–Trinajstić information content (AvgIpc) is 2.71. The van der Waals surface area contributed by atoms with Crippen LogP contribution in [0.5, 0.6) is 11.5 Å². The number of aromatic nitrogens is 2. The summed E-state index contributed by atoms with van der Waals surface area (Å²) < 4.78 is 11.2. The molecule has 0 saturated carbocycles. The summed E-state index contributed by atoms with van der Waals surface area (Å²) >= 11 is 0. The number of nitrogens with zero attached hydrogens (tertiary/aromatic N) is 4. The number of aryl methyl sites for hydroxylation is 1. The van der Waals surface area contributed by atoms with Crippen molar-refractivity contribution >= 4 is 17.3 Å². The van der Waals surface area contributed by atoms with Crippen molar-refractivity contribution in [2.75, 3.05) is 57.7 Å². The molecule has 0 amide bonds. The highest BCUT2D eigenvalue weighted by atomic mass is 16.5. The lowest BCUT2D eigenvalue weighted by Crippen LogP contribution is -2.44.